The van der Waals surface area contributed by atoms with Crippen LogP contribution in [0.1, 0.15) is 55.4 Å². The first-order valence-electron chi connectivity index (χ1n) is 6.56. The van der Waals surface area contributed by atoms with Crippen LogP contribution in [0.3, 0.4) is 0 Å². The molecule has 0 bridgehead atoms. The fourth-order valence-corrected chi connectivity index (χ4v) is 1.66. The first-order chi connectivity index (χ1) is 8.22. The molecule has 0 aliphatic heterocycles. The largest absolute Gasteiger partial charge is 0.0758 e. The van der Waals surface area contributed by atoms with Crippen LogP contribution in [0.25, 0.3) is 0 Å². The van der Waals surface area contributed by atoms with Crippen molar-refractivity contribution in [2.24, 2.45) is 0 Å². The molecule has 0 N–H and O–H groups in total. The van der Waals surface area contributed by atoms with E-state index < -0.39 is 0 Å². The minimum absolute atomic E-state index is 1.29. The van der Waals surface area contributed by atoms with Crippen LogP contribution in [0.2, 0.25) is 0 Å². The van der Waals surface area contributed by atoms with Gasteiger partial charge in [-0.25, -0.2) is 0 Å². The molecule has 100 valence electrons. The monoisotopic (exact) mass is 244 g/mol. The zero-order valence-corrected chi connectivity index (χ0v) is 13.3. The van der Waals surface area contributed by atoms with Crippen molar-refractivity contribution in [1.29, 1.82) is 0 Å². The van der Waals surface area contributed by atoms with E-state index in [2.05, 4.69) is 79.7 Å². The molecule has 0 aliphatic rings. The maximum atomic E-state index is 2.25. The van der Waals surface area contributed by atoms with E-state index in [4.69, 9.17) is 0 Å². The molecule has 0 heteroatoms. The van der Waals surface area contributed by atoms with E-state index in [0.29, 0.717) is 0 Å². The summed E-state index contributed by atoms with van der Waals surface area (Å²) in [5.74, 6) is 0. The summed E-state index contributed by atoms with van der Waals surface area (Å²) in [7, 11) is 0. The summed E-state index contributed by atoms with van der Waals surface area (Å²) in [4.78, 5) is 0. The van der Waals surface area contributed by atoms with Gasteiger partial charge in [-0.3, -0.25) is 0 Å². The summed E-state index contributed by atoms with van der Waals surface area (Å²) in [6.45, 7) is 17.1. The van der Waals surface area contributed by atoms with Crippen LogP contribution in [-0.2, 0) is 0 Å². The zero-order chi connectivity index (χ0) is 14.3. The number of allylic oxidation sites excluding steroid dienone is 10. The standard InChI is InChI=1S/C18H28/c1-13(2)9-17(10-14(3)4)18(11-15(5)6)12-16(7)8/h9-12H,1-8H3. The van der Waals surface area contributed by atoms with Crippen LogP contribution in [0.5, 0.6) is 0 Å². The lowest BCUT2D eigenvalue weighted by Crippen LogP contribution is -1.86. The Morgan fingerprint density at radius 3 is 0.667 bits per heavy atom. The normalized spacial score (nSPS) is 9.11. The van der Waals surface area contributed by atoms with Crippen molar-refractivity contribution in [2.45, 2.75) is 55.4 Å². The number of hydrogen-bond acceptors (Lipinski definition) is 0. The summed E-state index contributed by atoms with van der Waals surface area (Å²) in [6, 6.07) is 0. The third kappa shape index (κ3) is 7.89. The van der Waals surface area contributed by atoms with Gasteiger partial charge in [0.15, 0.2) is 0 Å². The Balaban J connectivity index is 6.01. The van der Waals surface area contributed by atoms with Crippen LogP contribution in [0.4, 0.5) is 0 Å². The predicted octanol–water partition coefficient (Wildman–Crippen LogP) is 6.15. The average molecular weight is 244 g/mol. The van der Waals surface area contributed by atoms with E-state index in [-0.39, 0.29) is 0 Å². The molecule has 0 spiro atoms. The van der Waals surface area contributed by atoms with Crippen LogP contribution < -0.4 is 0 Å². The minimum Gasteiger partial charge on any atom is -0.0758 e. The highest BCUT2D eigenvalue weighted by Crippen LogP contribution is 2.18. The molecular formula is C18H28. The highest BCUT2D eigenvalue weighted by atomic mass is 14.0. The van der Waals surface area contributed by atoms with Gasteiger partial charge in [0.1, 0.15) is 0 Å². The van der Waals surface area contributed by atoms with Crippen LogP contribution >= 0.6 is 0 Å². The summed E-state index contributed by atoms with van der Waals surface area (Å²) < 4.78 is 0. The average Bonchev–Trinajstić information content (AvgIpc) is 2.12. The van der Waals surface area contributed by atoms with Gasteiger partial charge in [-0.05, 0) is 66.5 Å². The van der Waals surface area contributed by atoms with Gasteiger partial charge in [0.2, 0.25) is 0 Å². The van der Waals surface area contributed by atoms with Crippen molar-refractivity contribution in [1.82, 2.24) is 0 Å². The molecule has 0 aromatic rings. The topological polar surface area (TPSA) is 0 Å². The fourth-order valence-electron chi connectivity index (χ4n) is 1.66. The molecule has 0 aromatic carbocycles. The lowest BCUT2D eigenvalue weighted by molar-refractivity contribution is 1.30. The molecule has 0 radical (unpaired) electrons. The van der Waals surface area contributed by atoms with Gasteiger partial charge in [0.25, 0.3) is 0 Å². The third-order valence-corrected chi connectivity index (χ3v) is 2.11. The van der Waals surface area contributed by atoms with Crippen LogP contribution in [0, 0.1) is 0 Å². The Hall–Kier alpha value is -1.30. The van der Waals surface area contributed by atoms with Gasteiger partial charge in [-0.2, -0.15) is 0 Å². The molecular weight excluding hydrogens is 216 g/mol. The molecule has 0 saturated heterocycles. The summed E-state index contributed by atoms with van der Waals surface area (Å²) in [6.07, 6.45) is 9.00. The lowest BCUT2D eigenvalue weighted by atomic mass is 10.00. The van der Waals surface area contributed by atoms with Gasteiger partial charge in [-0.15, -0.1) is 0 Å². The second kappa shape index (κ2) is 7.92. The van der Waals surface area contributed by atoms with E-state index in [1.165, 1.54) is 33.4 Å². The molecule has 0 rings (SSSR count). The Labute approximate surface area is 113 Å². The Morgan fingerprint density at radius 2 is 0.556 bits per heavy atom. The highest BCUT2D eigenvalue weighted by Gasteiger charge is 1.98. The Bertz CT molecular complexity index is 337. The lowest BCUT2D eigenvalue weighted by Gasteiger charge is -2.06. The van der Waals surface area contributed by atoms with E-state index in [0.717, 1.165) is 0 Å². The highest BCUT2D eigenvalue weighted by molar-refractivity contribution is 5.49. The summed E-state index contributed by atoms with van der Waals surface area (Å²) >= 11 is 0. The van der Waals surface area contributed by atoms with Crippen molar-refractivity contribution in [3.05, 3.63) is 57.7 Å². The van der Waals surface area contributed by atoms with Crippen molar-refractivity contribution in [3.8, 4) is 0 Å². The number of hydrogen-bond donors (Lipinski definition) is 0. The first kappa shape index (κ1) is 16.7. The van der Waals surface area contributed by atoms with Gasteiger partial charge in [0, 0.05) is 0 Å². The van der Waals surface area contributed by atoms with Gasteiger partial charge >= 0.3 is 0 Å². The molecule has 0 saturated carbocycles. The molecule has 18 heavy (non-hydrogen) atoms. The third-order valence-electron chi connectivity index (χ3n) is 2.11. The van der Waals surface area contributed by atoms with Gasteiger partial charge < -0.3 is 0 Å². The second-order valence-corrected chi connectivity index (χ2v) is 5.80. The van der Waals surface area contributed by atoms with Crippen LogP contribution in [-0.4, -0.2) is 0 Å². The first-order valence-corrected chi connectivity index (χ1v) is 6.56. The molecule has 0 aliphatic carbocycles. The van der Waals surface area contributed by atoms with E-state index >= 15 is 0 Å². The van der Waals surface area contributed by atoms with E-state index in [9.17, 15) is 0 Å². The Kier molecular flexibility index (Phi) is 7.35. The predicted molar refractivity (Wildman–Crippen MR) is 84.8 cm³/mol. The van der Waals surface area contributed by atoms with Crippen molar-refractivity contribution in [3.63, 3.8) is 0 Å². The van der Waals surface area contributed by atoms with Crippen molar-refractivity contribution < 1.29 is 0 Å². The van der Waals surface area contributed by atoms with Crippen LogP contribution in [0.15, 0.2) is 57.7 Å². The quantitative estimate of drug-likeness (QED) is 0.520. The minimum atomic E-state index is 1.29. The van der Waals surface area contributed by atoms with E-state index in [1.807, 2.05) is 0 Å². The number of rotatable bonds is 4. The zero-order valence-electron chi connectivity index (χ0n) is 13.3. The maximum Gasteiger partial charge on any atom is -0.0185 e. The van der Waals surface area contributed by atoms with E-state index in [1.54, 1.807) is 0 Å². The molecule has 0 aromatic heterocycles. The summed E-state index contributed by atoms with van der Waals surface area (Å²) in [5.41, 5.74) is 7.87. The molecule has 0 atom stereocenters. The molecule has 0 unspecified atom stereocenters. The Morgan fingerprint density at radius 1 is 0.389 bits per heavy atom. The SMILES string of the molecule is CC(C)=CC(C=C(C)C)=C(C=C(C)C)C=C(C)C. The molecule has 0 nitrogen and oxygen atoms in total. The van der Waals surface area contributed by atoms with Crippen molar-refractivity contribution >= 4 is 0 Å². The van der Waals surface area contributed by atoms with Crippen molar-refractivity contribution in [2.75, 3.05) is 0 Å². The smallest absolute Gasteiger partial charge is 0.0185 e. The van der Waals surface area contributed by atoms with Gasteiger partial charge in [0.05, 0.1) is 0 Å². The molecule has 0 heterocycles. The summed E-state index contributed by atoms with van der Waals surface area (Å²) in [5, 5.41) is 0. The van der Waals surface area contributed by atoms with Gasteiger partial charge in [-0.1, -0.05) is 46.6 Å². The fraction of sp³-hybridized carbons (Fsp3) is 0.444. The molecule has 0 amide bonds. The maximum absolute atomic E-state index is 2.25. The second-order valence-electron chi connectivity index (χ2n) is 5.80. The molecule has 0 fully saturated rings.